The Kier molecular flexibility index (Phi) is 3.87. The Labute approximate surface area is 125 Å². The molecule has 0 aliphatic carbocycles. The van der Waals surface area contributed by atoms with E-state index in [1.165, 1.54) is 5.75 Å². The van der Waals surface area contributed by atoms with Gasteiger partial charge in [-0.05, 0) is 37.1 Å². The van der Waals surface area contributed by atoms with Crippen LogP contribution >= 0.6 is 11.8 Å². The predicted molar refractivity (Wildman–Crippen MR) is 84.6 cm³/mol. The maximum Gasteiger partial charge on any atom is 0.124 e. The van der Waals surface area contributed by atoms with Crippen molar-refractivity contribution in [2.24, 2.45) is 0 Å². The van der Waals surface area contributed by atoms with Crippen LogP contribution in [0.3, 0.4) is 0 Å². The number of nitrogen functional groups attached to an aromatic ring is 1. The lowest BCUT2D eigenvalue weighted by molar-refractivity contribution is -0.0959. The Morgan fingerprint density at radius 2 is 2.20 bits per heavy atom. The average Bonchev–Trinajstić information content (AvgIpc) is 2.84. The molecular weight excluding hydrogens is 270 g/mol. The van der Waals surface area contributed by atoms with E-state index in [2.05, 4.69) is 13.0 Å². The Morgan fingerprint density at radius 1 is 1.35 bits per heavy atom. The maximum atomic E-state index is 6.24. The van der Waals surface area contributed by atoms with Crippen molar-refractivity contribution < 1.29 is 9.47 Å². The molecule has 0 aromatic heterocycles. The molecule has 4 heteroatoms. The normalized spacial score (nSPS) is 29.8. The van der Waals surface area contributed by atoms with Crippen molar-refractivity contribution in [3.05, 3.63) is 23.3 Å². The largest absolute Gasteiger partial charge is 0.490 e. The molecule has 2 N–H and O–H groups in total. The van der Waals surface area contributed by atoms with Crippen molar-refractivity contribution in [1.29, 1.82) is 0 Å². The first-order valence-electron chi connectivity index (χ1n) is 7.33. The second kappa shape index (κ2) is 5.49. The number of benzene rings is 1. The molecule has 2 unspecified atom stereocenters. The van der Waals surface area contributed by atoms with Gasteiger partial charge in [0, 0.05) is 30.3 Å². The van der Waals surface area contributed by atoms with Crippen molar-refractivity contribution in [2.75, 3.05) is 23.8 Å². The number of aryl methyl sites for hydroxylation is 2. The van der Waals surface area contributed by atoms with E-state index in [1.54, 1.807) is 0 Å². The first-order valence-corrected chi connectivity index (χ1v) is 8.49. The summed E-state index contributed by atoms with van der Waals surface area (Å²) in [6, 6.07) is 4.07. The van der Waals surface area contributed by atoms with Crippen LogP contribution in [0.4, 0.5) is 5.69 Å². The van der Waals surface area contributed by atoms with E-state index in [4.69, 9.17) is 15.2 Å². The molecular formula is C16H23NO2S. The van der Waals surface area contributed by atoms with Gasteiger partial charge >= 0.3 is 0 Å². The number of rotatable bonds is 2. The van der Waals surface area contributed by atoms with E-state index < -0.39 is 0 Å². The van der Waals surface area contributed by atoms with Gasteiger partial charge in [-0.2, -0.15) is 11.8 Å². The summed E-state index contributed by atoms with van der Waals surface area (Å²) in [6.45, 7) is 4.93. The highest BCUT2D eigenvalue weighted by Crippen LogP contribution is 2.39. The molecule has 0 amide bonds. The zero-order valence-corrected chi connectivity index (χ0v) is 13.1. The molecule has 3 rings (SSSR count). The summed E-state index contributed by atoms with van der Waals surface area (Å²) in [5, 5.41) is 0. The van der Waals surface area contributed by atoms with Crippen LogP contribution in [0.25, 0.3) is 0 Å². The summed E-state index contributed by atoms with van der Waals surface area (Å²) >= 11 is 1.99. The van der Waals surface area contributed by atoms with Crippen LogP contribution in [0.5, 0.6) is 5.75 Å². The number of thioether (sulfide) groups is 1. The van der Waals surface area contributed by atoms with Crippen molar-refractivity contribution in [3.8, 4) is 5.75 Å². The number of anilines is 1. The van der Waals surface area contributed by atoms with Gasteiger partial charge in [-0.1, -0.05) is 6.07 Å². The second-order valence-corrected chi connectivity index (χ2v) is 7.15. The van der Waals surface area contributed by atoms with E-state index in [9.17, 15) is 0 Å². The van der Waals surface area contributed by atoms with Crippen LogP contribution in [0.2, 0.25) is 0 Å². The molecule has 1 aromatic carbocycles. The minimum atomic E-state index is 0.0672. The molecule has 0 saturated carbocycles. The predicted octanol–water partition coefficient (Wildman–Crippen LogP) is 3.32. The van der Waals surface area contributed by atoms with E-state index in [1.807, 2.05) is 24.8 Å². The summed E-state index contributed by atoms with van der Waals surface area (Å²) in [4.78, 5) is 0. The maximum absolute atomic E-state index is 6.24. The summed E-state index contributed by atoms with van der Waals surface area (Å²) in [5.74, 6) is 3.26. The Morgan fingerprint density at radius 3 is 2.95 bits per heavy atom. The van der Waals surface area contributed by atoms with Crippen LogP contribution in [-0.2, 0) is 4.74 Å². The van der Waals surface area contributed by atoms with Crippen LogP contribution in [0, 0.1) is 13.8 Å². The molecule has 1 spiro atoms. The smallest absolute Gasteiger partial charge is 0.124 e. The molecule has 20 heavy (non-hydrogen) atoms. The van der Waals surface area contributed by atoms with Crippen LogP contribution in [0.15, 0.2) is 12.1 Å². The van der Waals surface area contributed by atoms with Crippen molar-refractivity contribution in [2.45, 2.75) is 44.8 Å². The first kappa shape index (κ1) is 14.1. The van der Waals surface area contributed by atoms with E-state index in [0.29, 0.717) is 0 Å². The van der Waals surface area contributed by atoms with E-state index in [-0.39, 0.29) is 11.7 Å². The third-order valence-corrected chi connectivity index (χ3v) is 5.60. The van der Waals surface area contributed by atoms with Gasteiger partial charge in [-0.15, -0.1) is 0 Å². The van der Waals surface area contributed by atoms with Gasteiger partial charge < -0.3 is 15.2 Å². The Hall–Kier alpha value is -0.870. The molecule has 1 aromatic rings. The molecule has 2 aliphatic rings. The molecule has 3 nitrogen and oxygen atoms in total. The van der Waals surface area contributed by atoms with Crippen molar-refractivity contribution in [1.82, 2.24) is 0 Å². The third kappa shape index (κ3) is 2.77. The second-order valence-electron chi connectivity index (χ2n) is 6.04. The lowest BCUT2D eigenvalue weighted by Gasteiger charge is -2.37. The summed E-state index contributed by atoms with van der Waals surface area (Å²) in [6.07, 6.45) is 3.39. The molecule has 0 radical (unpaired) electrons. The van der Waals surface area contributed by atoms with Gasteiger partial charge in [-0.25, -0.2) is 0 Å². The van der Waals surface area contributed by atoms with Crippen LogP contribution in [0.1, 0.15) is 30.4 Å². The Bertz CT molecular complexity index is 497. The molecule has 2 aliphatic heterocycles. The summed E-state index contributed by atoms with van der Waals surface area (Å²) in [5.41, 5.74) is 9.16. The van der Waals surface area contributed by atoms with Gasteiger partial charge in [0.25, 0.3) is 0 Å². The van der Waals surface area contributed by atoms with Gasteiger partial charge in [-0.3, -0.25) is 0 Å². The lowest BCUT2D eigenvalue weighted by atomic mass is 9.91. The quantitative estimate of drug-likeness (QED) is 0.850. The zero-order chi connectivity index (χ0) is 14.2. The lowest BCUT2D eigenvalue weighted by Crippen LogP contribution is -2.43. The average molecular weight is 293 g/mol. The SMILES string of the molecule is Cc1cc(C)c(OC2CCOC3(CCSC3)C2)cc1N. The molecule has 110 valence electrons. The molecule has 2 saturated heterocycles. The van der Waals surface area contributed by atoms with Crippen molar-refractivity contribution in [3.63, 3.8) is 0 Å². The summed E-state index contributed by atoms with van der Waals surface area (Å²) < 4.78 is 12.3. The molecule has 0 bridgehead atoms. The number of ether oxygens (including phenoxy) is 2. The molecule has 2 fully saturated rings. The van der Waals surface area contributed by atoms with Crippen LogP contribution < -0.4 is 10.5 Å². The highest BCUT2D eigenvalue weighted by atomic mass is 32.2. The monoisotopic (exact) mass is 293 g/mol. The number of nitrogens with two attached hydrogens (primary N) is 1. The minimum Gasteiger partial charge on any atom is -0.490 e. The molecule has 2 heterocycles. The van der Waals surface area contributed by atoms with Gasteiger partial charge in [0.1, 0.15) is 11.9 Å². The fourth-order valence-electron chi connectivity index (χ4n) is 3.10. The summed E-state index contributed by atoms with van der Waals surface area (Å²) in [7, 11) is 0. The van der Waals surface area contributed by atoms with Crippen molar-refractivity contribution >= 4 is 17.4 Å². The van der Waals surface area contributed by atoms with E-state index >= 15 is 0 Å². The number of hydrogen-bond acceptors (Lipinski definition) is 4. The standard InChI is InChI=1S/C16H23NO2S/c1-11-7-12(2)15(8-14(11)17)19-13-3-5-18-16(9-13)4-6-20-10-16/h7-8,13H,3-6,9-10,17H2,1-2H3. The molecule has 2 atom stereocenters. The topological polar surface area (TPSA) is 44.5 Å². The third-order valence-electron chi connectivity index (χ3n) is 4.37. The fourth-order valence-corrected chi connectivity index (χ4v) is 4.48. The highest BCUT2D eigenvalue weighted by Gasteiger charge is 2.41. The van der Waals surface area contributed by atoms with Gasteiger partial charge in [0.15, 0.2) is 0 Å². The zero-order valence-electron chi connectivity index (χ0n) is 12.3. The number of hydrogen-bond donors (Lipinski definition) is 1. The van der Waals surface area contributed by atoms with Gasteiger partial charge in [0.05, 0.1) is 12.2 Å². The fraction of sp³-hybridized carbons (Fsp3) is 0.625. The minimum absolute atomic E-state index is 0.0672. The van der Waals surface area contributed by atoms with Gasteiger partial charge in [0.2, 0.25) is 0 Å². The van der Waals surface area contributed by atoms with E-state index in [0.717, 1.165) is 54.2 Å². The Balaban J connectivity index is 1.73. The highest BCUT2D eigenvalue weighted by molar-refractivity contribution is 7.99. The first-order chi connectivity index (χ1) is 9.58. The van der Waals surface area contributed by atoms with Crippen LogP contribution in [-0.4, -0.2) is 29.8 Å².